The van der Waals surface area contributed by atoms with Crippen molar-refractivity contribution in [1.29, 1.82) is 0 Å². The third kappa shape index (κ3) is 1.83. The maximum absolute atomic E-state index is 6.72. The predicted molar refractivity (Wildman–Crippen MR) is 87.9 cm³/mol. The molecule has 0 bridgehead atoms. The quantitative estimate of drug-likeness (QED) is 0.445. The molecule has 0 aliphatic carbocycles. The van der Waals surface area contributed by atoms with Crippen molar-refractivity contribution in [3.63, 3.8) is 0 Å². The Morgan fingerprint density at radius 1 is 0.952 bits per heavy atom. The minimum absolute atomic E-state index is 0.713. The third-order valence-corrected chi connectivity index (χ3v) is 4.15. The minimum atomic E-state index is 0.713. The van der Waals surface area contributed by atoms with Crippen LogP contribution in [0.5, 0.6) is 0 Å². The number of benzene rings is 2. The number of para-hydroxylation sites is 2. The Morgan fingerprint density at radius 3 is 2.48 bits per heavy atom. The van der Waals surface area contributed by atoms with Gasteiger partial charge in [-0.15, -0.1) is 0 Å². The zero-order valence-corrected chi connectivity index (χ0v) is 12.3. The molecule has 0 saturated carbocycles. The van der Waals surface area contributed by atoms with Crippen LogP contribution in [0.25, 0.3) is 27.8 Å². The summed E-state index contributed by atoms with van der Waals surface area (Å²) in [6, 6.07) is 20.4. The highest BCUT2D eigenvalue weighted by Gasteiger charge is 2.14. The zero-order chi connectivity index (χ0) is 14.4. The molecular weight excluding hydrogens is 280 g/mol. The minimum Gasteiger partial charge on any atom is -0.282 e. The molecule has 0 unspecified atom stereocenters. The van der Waals surface area contributed by atoms with Crippen molar-refractivity contribution in [2.24, 2.45) is 0 Å². The second-order valence-corrected chi connectivity index (χ2v) is 5.51. The lowest BCUT2D eigenvalue weighted by molar-refractivity contribution is 1.21. The molecule has 0 saturated heterocycles. The molecule has 2 aromatic heterocycles. The van der Waals surface area contributed by atoms with Crippen molar-refractivity contribution in [2.75, 3.05) is 0 Å². The molecule has 0 radical (unpaired) electrons. The largest absolute Gasteiger partial charge is 0.282 e. The van der Waals surface area contributed by atoms with E-state index in [1.165, 1.54) is 0 Å². The van der Waals surface area contributed by atoms with Crippen LogP contribution in [0.2, 0.25) is 5.15 Å². The molecule has 2 heterocycles. The average molecular weight is 293 g/mol. The lowest BCUT2D eigenvalue weighted by Gasteiger charge is -2.11. The van der Waals surface area contributed by atoms with Crippen molar-refractivity contribution in [1.82, 2.24) is 9.38 Å². The van der Waals surface area contributed by atoms with Gasteiger partial charge in [-0.1, -0.05) is 54.1 Å². The van der Waals surface area contributed by atoms with Crippen LogP contribution in [0.4, 0.5) is 0 Å². The number of hydrogen-bond donors (Lipinski definition) is 0. The van der Waals surface area contributed by atoms with Crippen LogP contribution in [0.15, 0.2) is 60.7 Å². The van der Waals surface area contributed by atoms with Gasteiger partial charge in [-0.2, -0.15) is 0 Å². The molecule has 4 rings (SSSR count). The molecule has 0 aliphatic heterocycles. The van der Waals surface area contributed by atoms with Crippen molar-refractivity contribution < 1.29 is 0 Å². The van der Waals surface area contributed by atoms with Crippen LogP contribution in [0.1, 0.15) is 5.56 Å². The maximum Gasteiger partial charge on any atom is 0.139 e. The molecule has 0 aliphatic rings. The van der Waals surface area contributed by atoms with E-state index in [0.717, 1.165) is 33.4 Å². The summed E-state index contributed by atoms with van der Waals surface area (Å²) in [5.41, 5.74) is 6.21. The number of halogens is 1. The number of hydrogen-bond acceptors (Lipinski definition) is 1. The van der Waals surface area contributed by atoms with Gasteiger partial charge in [0.1, 0.15) is 10.8 Å². The van der Waals surface area contributed by atoms with Gasteiger partial charge in [0.2, 0.25) is 0 Å². The number of aromatic nitrogens is 2. The Kier molecular flexibility index (Phi) is 2.72. The molecular formula is C18H13ClN2. The summed E-state index contributed by atoms with van der Waals surface area (Å²) in [4.78, 5) is 4.65. The van der Waals surface area contributed by atoms with E-state index < -0.39 is 0 Å². The van der Waals surface area contributed by atoms with E-state index in [0.29, 0.717) is 5.15 Å². The van der Waals surface area contributed by atoms with Crippen LogP contribution in [-0.4, -0.2) is 9.38 Å². The Morgan fingerprint density at radius 2 is 1.67 bits per heavy atom. The fourth-order valence-electron chi connectivity index (χ4n) is 2.84. The predicted octanol–water partition coefficient (Wildman–Crippen LogP) is 5.12. The number of pyridine rings is 1. The van der Waals surface area contributed by atoms with Gasteiger partial charge in [0, 0.05) is 5.56 Å². The van der Waals surface area contributed by atoms with Gasteiger partial charge in [0.15, 0.2) is 0 Å². The first kappa shape index (κ1) is 12.4. The van der Waals surface area contributed by atoms with Crippen molar-refractivity contribution in [2.45, 2.75) is 6.92 Å². The molecule has 2 aromatic carbocycles. The van der Waals surface area contributed by atoms with Gasteiger partial charge in [0.05, 0.1) is 11.0 Å². The van der Waals surface area contributed by atoms with E-state index in [1.54, 1.807) is 0 Å². The van der Waals surface area contributed by atoms with Crippen LogP contribution in [0.3, 0.4) is 0 Å². The molecule has 21 heavy (non-hydrogen) atoms. The summed E-state index contributed by atoms with van der Waals surface area (Å²) in [7, 11) is 0. The molecule has 0 fully saturated rings. The van der Waals surface area contributed by atoms with Crippen LogP contribution in [0, 0.1) is 6.92 Å². The van der Waals surface area contributed by atoms with Gasteiger partial charge in [-0.05, 0) is 36.2 Å². The number of rotatable bonds is 1. The number of imidazole rings is 1. The monoisotopic (exact) mass is 292 g/mol. The summed E-state index contributed by atoms with van der Waals surface area (Å²) in [6.07, 6.45) is 0. The lowest BCUT2D eigenvalue weighted by Crippen LogP contribution is -1.94. The molecule has 0 N–H and O–H groups in total. The molecule has 4 aromatic rings. The van der Waals surface area contributed by atoms with Crippen LogP contribution < -0.4 is 0 Å². The zero-order valence-electron chi connectivity index (χ0n) is 11.5. The Bertz CT molecular complexity index is 955. The van der Waals surface area contributed by atoms with Crippen molar-refractivity contribution in [3.05, 3.63) is 71.4 Å². The van der Waals surface area contributed by atoms with E-state index in [4.69, 9.17) is 11.6 Å². The molecule has 2 nitrogen and oxygen atoms in total. The second kappa shape index (κ2) is 4.61. The van der Waals surface area contributed by atoms with Crippen molar-refractivity contribution in [3.8, 4) is 11.1 Å². The van der Waals surface area contributed by atoms with Crippen LogP contribution in [-0.2, 0) is 0 Å². The Balaban J connectivity index is 2.16. The lowest BCUT2D eigenvalue weighted by atomic mass is 10.0. The first-order chi connectivity index (χ1) is 10.3. The van der Waals surface area contributed by atoms with Gasteiger partial charge in [0.25, 0.3) is 0 Å². The summed E-state index contributed by atoms with van der Waals surface area (Å²) < 4.78 is 2.02. The summed E-state index contributed by atoms with van der Waals surface area (Å²) in [5.74, 6) is 0. The van der Waals surface area contributed by atoms with Crippen molar-refractivity contribution >= 4 is 28.3 Å². The number of fused-ring (bicyclic) bond motifs is 3. The Labute approximate surface area is 127 Å². The molecule has 3 heteroatoms. The highest BCUT2D eigenvalue weighted by atomic mass is 35.5. The number of aryl methyl sites for hydroxylation is 1. The van der Waals surface area contributed by atoms with Gasteiger partial charge >= 0.3 is 0 Å². The fraction of sp³-hybridized carbons (Fsp3) is 0.0556. The molecule has 102 valence electrons. The third-order valence-electron chi connectivity index (χ3n) is 3.79. The SMILES string of the molecule is Cc1cc2nc3ccccc3n2c(Cl)c1-c1ccccc1. The van der Waals surface area contributed by atoms with E-state index in [1.807, 2.05) is 46.9 Å². The van der Waals surface area contributed by atoms with E-state index in [9.17, 15) is 0 Å². The standard InChI is InChI=1S/C18H13ClN2/c1-12-11-16-20-14-9-5-6-10-15(14)21(16)18(19)17(12)13-7-3-2-4-8-13/h2-11H,1H3. The van der Waals surface area contributed by atoms with Crippen LogP contribution >= 0.6 is 11.6 Å². The van der Waals surface area contributed by atoms with E-state index in [-0.39, 0.29) is 0 Å². The molecule has 0 spiro atoms. The topological polar surface area (TPSA) is 17.3 Å². The second-order valence-electron chi connectivity index (χ2n) is 5.15. The summed E-state index contributed by atoms with van der Waals surface area (Å²) in [6.45, 7) is 2.08. The highest BCUT2D eigenvalue weighted by molar-refractivity contribution is 6.33. The highest BCUT2D eigenvalue weighted by Crippen LogP contribution is 2.34. The molecule has 0 amide bonds. The van der Waals surface area contributed by atoms with Gasteiger partial charge < -0.3 is 0 Å². The summed E-state index contributed by atoms with van der Waals surface area (Å²) in [5, 5.41) is 0.713. The number of nitrogens with zero attached hydrogens (tertiary/aromatic N) is 2. The first-order valence-corrected chi connectivity index (χ1v) is 7.25. The smallest absolute Gasteiger partial charge is 0.139 e. The maximum atomic E-state index is 6.72. The van der Waals surface area contributed by atoms with Gasteiger partial charge in [-0.3, -0.25) is 4.40 Å². The first-order valence-electron chi connectivity index (χ1n) is 6.87. The normalized spacial score (nSPS) is 11.3. The van der Waals surface area contributed by atoms with E-state index in [2.05, 4.69) is 30.1 Å². The fourth-order valence-corrected chi connectivity index (χ4v) is 3.28. The van der Waals surface area contributed by atoms with E-state index >= 15 is 0 Å². The molecule has 0 atom stereocenters. The van der Waals surface area contributed by atoms with Gasteiger partial charge in [-0.25, -0.2) is 4.98 Å². The Hall–Kier alpha value is -2.32. The average Bonchev–Trinajstić information content (AvgIpc) is 2.86. The summed E-state index contributed by atoms with van der Waals surface area (Å²) >= 11 is 6.72.